The minimum atomic E-state index is -0.492. The predicted molar refractivity (Wildman–Crippen MR) is 163 cm³/mol. The standard InChI is InChI=1S/C32H42N4O4S/c1-21(33-2)30(37)35-29(22-10-5-4-6-11-22)32(38)36-17-9-14-27(36)31-34-26(20-41-31)24-15-16-28(40-19-18-39-3)25-13-8-7-12-23(24)25/h7-8,12-13,15-16,20-22,27,29,33H,4-6,9-11,14,17-19H2,1-3H3,(H,35,37)/t21-,27-,29-/m0/s1. The number of likely N-dealkylation sites (tertiary alicyclic amines) is 1. The zero-order valence-electron chi connectivity index (χ0n) is 24.4. The molecule has 1 saturated heterocycles. The van der Waals surface area contributed by atoms with E-state index in [0.717, 1.165) is 71.3 Å². The first kappa shape index (κ1) is 29.5. The Balaban J connectivity index is 1.39. The number of nitrogens with zero attached hydrogens (tertiary/aromatic N) is 2. The number of nitrogens with one attached hydrogen (secondary N) is 2. The summed E-state index contributed by atoms with van der Waals surface area (Å²) in [6.07, 6.45) is 7.17. The Bertz CT molecular complexity index is 1340. The molecule has 8 nitrogen and oxygen atoms in total. The van der Waals surface area contributed by atoms with Crippen LogP contribution >= 0.6 is 11.3 Å². The number of benzene rings is 2. The number of aromatic nitrogens is 1. The van der Waals surface area contributed by atoms with Crippen molar-refractivity contribution < 1.29 is 19.1 Å². The summed E-state index contributed by atoms with van der Waals surface area (Å²) >= 11 is 1.61. The highest BCUT2D eigenvalue weighted by Gasteiger charge is 2.40. The fraction of sp³-hybridized carbons (Fsp3) is 0.531. The largest absolute Gasteiger partial charge is 0.491 e. The van der Waals surface area contributed by atoms with Crippen LogP contribution in [-0.4, -0.2) is 67.7 Å². The number of carbonyl (C=O) groups is 2. The number of likely N-dealkylation sites (N-methyl/N-ethyl adjacent to an activating group) is 1. The van der Waals surface area contributed by atoms with Gasteiger partial charge in [-0.05, 0) is 63.1 Å². The predicted octanol–water partition coefficient (Wildman–Crippen LogP) is 5.33. The fourth-order valence-electron chi connectivity index (χ4n) is 6.14. The smallest absolute Gasteiger partial charge is 0.246 e. The van der Waals surface area contributed by atoms with Gasteiger partial charge in [-0.1, -0.05) is 43.5 Å². The van der Waals surface area contributed by atoms with Crippen LogP contribution in [0.2, 0.25) is 0 Å². The molecule has 1 aliphatic heterocycles. The van der Waals surface area contributed by atoms with Crippen LogP contribution in [0.5, 0.6) is 5.75 Å². The molecule has 1 aliphatic carbocycles. The molecule has 2 aromatic carbocycles. The van der Waals surface area contributed by atoms with E-state index >= 15 is 0 Å². The SMILES string of the molecule is CN[C@@H](C)C(=O)N[C@H](C(=O)N1CCC[C@H]1c1nc(-c2ccc(OCCOC)c3ccccc23)cs1)C1CCCCC1. The van der Waals surface area contributed by atoms with Crippen molar-refractivity contribution in [3.8, 4) is 17.0 Å². The zero-order valence-corrected chi connectivity index (χ0v) is 25.2. The first-order valence-corrected chi connectivity index (χ1v) is 15.8. The quantitative estimate of drug-likeness (QED) is 0.299. The molecule has 2 N–H and O–H groups in total. The number of hydrogen-bond donors (Lipinski definition) is 2. The molecule has 9 heteroatoms. The lowest BCUT2D eigenvalue weighted by atomic mass is 9.83. The molecule has 1 aromatic heterocycles. The van der Waals surface area contributed by atoms with Gasteiger partial charge < -0.3 is 25.0 Å². The van der Waals surface area contributed by atoms with Gasteiger partial charge in [0.2, 0.25) is 11.8 Å². The second-order valence-electron chi connectivity index (χ2n) is 11.2. The molecule has 2 amide bonds. The zero-order chi connectivity index (χ0) is 28.8. The highest BCUT2D eigenvalue weighted by Crippen LogP contribution is 2.40. The molecule has 0 unspecified atom stereocenters. The number of thiazole rings is 1. The van der Waals surface area contributed by atoms with Gasteiger partial charge in [0.05, 0.1) is 24.4 Å². The number of ether oxygens (including phenoxy) is 2. The van der Waals surface area contributed by atoms with E-state index in [-0.39, 0.29) is 29.8 Å². The number of fused-ring (bicyclic) bond motifs is 1. The number of carbonyl (C=O) groups excluding carboxylic acids is 2. The summed E-state index contributed by atoms with van der Waals surface area (Å²) in [6.45, 7) is 3.54. The lowest BCUT2D eigenvalue weighted by Gasteiger charge is -2.35. The summed E-state index contributed by atoms with van der Waals surface area (Å²) in [4.78, 5) is 34.1. The third kappa shape index (κ3) is 6.58. The Morgan fingerprint density at radius 1 is 1.05 bits per heavy atom. The average Bonchev–Trinajstić information content (AvgIpc) is 3.70. The summed E-state index contributed by atoms with van der Waals surface area (Å²) in [6, 6.07) is 11.4. The van der Waals surface area contributed by atoms with E-state index < -0.39 is 6.04 Å². The highest BCUT2D eigenvalue weighted by atomic mass is 32.1. The van der Waals surface area contributed by atoms with Crippen molar-refractivity contribution in [2.45, 2.75) is 70.0 Å². The maximum Gasteiger partial charge on any atom is 0.246 e. The molecule has 1 saturated carbocycles. The van der Waals surface area contributed by atoms with Crippen molar-refractivity contribution in [2.24, 2.45) is 5.92 Å². The number of hydrogen-bond acceptors (Lipinski definition) is 7. The minimum absolute atomic E-state index is 0.0378. The van der Waals surface area contributed by atoms with E-state index in [1.54, 1.807) is 25.5 Å². The minimum Gasteiger partial charge on any atom is -0.491 e. The van der Waals surface area contributed by atoms with E-state index in [1.807, 2.05) is 30.0 Å². The van der Waals surface area contributed by atoms with Gasteiger partial charge in [-0.2, -0.15) is 0 Å². The fourth-order valence-corrected chi connectivity index (χ4v) is 7.11. The van der Waals surface area contributed by atoms with Gasteiger partial charge >= 0.3 is 0 Å². The third-order valence-electron chi connectivity index (χ3n) is 8.56. The Morgan fingerprint density at radius 2 is 1.83 bits per heavy atom. The normalized spacial score (nSPS) is 19.3. The molecule has 3 atom stereocenters. The van der Waals surface area contributed by atoms with Gasteiger partial charge in [0.15, 0.2) is 0 Å². The summed E-state index contributed by atoms with van der Waals surface area (Å²) in [7, 11) is 3.43. The van der Waals surface area contributed by atoms with E-state index in [9.17, 15) is 9.59 Å². The molecule has 2 heterocycles. The number of amides is 2. The second kappa shape index (κ2) is 13.8. The molecule has 220 valence electrons. The Hall–Kier alpha value is -3.01. The molecule has 0 spiro atoms. The van der Waals surface area contributed by atoms with Gasteiger partial charge in [-0.25, -0.2) is 4.98 Å². The molecular weight excluding hydrogens is 536 g/mol. The lowest BCUT2D eigenvalue weighted by molar-refractivity contribution is -0.139. The molecule has 41 heavy (non-hydrogen) atoms. The molecular formula is C32H42N4O4S. The molecule has 5 rings (SSSR count). The molecule has 3 aromatic rings. The van der Waals surface area contributed by atoms with Crippen LogP contribution in [0.25, 0.3) is 22.0 Å². The van der Waals surface area contributed by atoms with E-state index in [2.05, 4.69) is 34.2 Å². The van der Waals surface area contributed by atoms with Gasteiger partial charge in [0.25, 0.3) is 0 Å². The van der Waals surface area contributed by atoms with Crippen molar-refractivity contribution in [1.29, 1.82) is 0 Å². The van der Waals surface area contributed by atoms with Crippen LogP contribution in [0, 0.1) is 5.92 Å². The maximum absolute atomic E-state index is 14.1. The summed E-state index contributed by atoms with van der Waals surface area (Å²) in [5.74, 6) is 0.919. The van der Waals surface area contributed by atoms with Crippen molar-refractivity contribution in [3.05, 3.63) is 46.8 Å². The Labute approximate surface area is 246 Å². The Morgan fingerprint density at radius 3 is 2.59 bits per heavy atom. The summed E-state index contributed by atoms with van der Waals surface area (Å²) in [5, 5.41) is 11.3. The molecule has 0 bridgehead atoms. The molecule has 2 aliphatic rings. The van der Waals surface area contributed by atoms with Crippen molar-refractivity contribution >= 4 is 33.9 Å². The first-order valence-electron chi connectivity index (χ1n) is 14.9. The molecule has 0 radical (unpaired) electrons. The molecule has 2 fully saturated rings. The highest BCUT2D eigenvalue weighted by molar-refractivity contribution is 7.10. The third-order valence-corrected chi connectivity index (χ3v) is 9.51. The van der Waals surface area contributed by atoms with Crippen LogP contribution in [0.4, 0.5) is 0 Å². The number of rotatable bonds is 11. The van der Waals surface area contributed by atoms with Crippen molar-refractivity contribution in [2.75, 3.05) is 33.9 Å². The van der Waals surface area contributed by atoms with E-state index in [1.165, 1.54) is 6.42 Å². The average molecular weight is 579 g/mol. The van der Waals surface area contributed by atoms with Crippen LogP contribution in [0.3, 0.4) is 0 Å². The second-order valence-corrected chi connectivity index (χ2v) is 12.0. The van der Waals surface area contributed by atoms with Gasteiger partial charge in [0.1, 0.15) is 23.4 Å². The summed E-state index contributed by atoms with van der Waals surface area (Å²) in [5.41, 5.74) is 1.95. The monoisotopic (exact) mass is 578 g/mol. The topological polar surface area (TPSA) is 92.8 Å². The summed E-state index contributed by atoms with van der Waals surface area (Å²) < 4.78 is 11.1. The Kier molecular flexibility index (Phi) is 9.90. The van der Waals surface area contributed by atoms with Crippen molar-refractivity contribution in [3.63, 3.8) is 0 Å². The number of methoxy groups -OCH3 is 1. The van der Waals surface area contributed by atoms with Crippen LogP contribution in [-0.2, 0) is 14.3 Å². The van der Waals surface area contributed by atoms with Gasteiger partial charge in [-0.15, -0.1) is 11.3 Å². The van der Waals surface area contributed by atoms with Crippen molar-refractivity contribution in [1.82, 2.24) is 20.5 Å². The van der Waals surface area contributed by atoms with Crippen LogP contribution in [0.15, 0.2) is 41.8 Å². The van der Waals surface area contributed by atoms with E-state index in [4.69, 9.17) is 14.5 Å². The van der Waals surface area contributed by atoms with Gasteiger partial charge in [-0.3, -0.25) is 9.59 Å². The maximum atomic E-state index is 14.1. The van der Waals surface area contributed by atoms with Crippen LogP contribution < -0.4 is 15.4 Å². The van der Waals surface area contributed by atoms with E-state index in [0.29, 0.717) is 19.8 Å². The first-order chi connectivity index (χ1) is 20.0. The van der Waals surface area contributed by atoms with Gasteiger partial charge in [0, 0.05) is 30.0 Å². The lowest BCUT2D eigenvalue weighted by Crippen LogP contribution is -2.55. The van der Waals surface area contributed by atoms with Crippen LogP contribution in [0.1, 0.15) is 62.9 Å².